The van der Waals surface area contributed by atoms with E-state index in [1.54, 1.807) is 0 Å². The zero-order chi connectivity index (χ0) is 4.12. The van der Waals surface area contributed by atoms with Crippen LogP contribution in [-0.4, -0.2) is 5.34 Å². The van der Waals surface area contributed by atoms with E-state index in [1.807, 2.05) is 22.4 Å². The maximum atomic E-state index is 4.96. The van der Waals surface area contributed by atoms with E-state index in [0.717, 1.165) is 11.3 Å². The Morgan fingerprint density at radius 1 is 2.00 bits per heavy atom. The third kappa shape index (κ3) is 5.39. The third-order valence-electron chi connectivity index (χ3n) is 0.0727. The van der Waals surface area contributed by atoms with Gasteiger partial charge in [0.2, 0.25) is 0 Å². The highest BCUT2D eigenvalue weighted by Crippen LogP contribution is 2.06. The molecule has 0 bridgehead atoms. The van der Waals surface area contributed by atoms with Crippen LogP contribution in [0.3, 0.4) is 0 Å². The van der Waals surface area contributed by atoms with Crippen LogP contribution in [0.4, 0.5) is 0 Å². The Labute approximate surface area is 53.6 Å². The molecule has 5 heteroatoms. The molecule has 0 saturated carbocycles. The zero-order valence-electron chi connectivity index (χ0n) is 2.15. The van der Waals surface area contributed by atoms with Crippen molar-refractivity contribution in [2.45, 2.75) is 0 Å². The van der Waals surface area contributed by atoms with Gasteiger partial charge in [-0.1, -0.05) is 0 Å². The molecule has 0 amide bonds. The fourth-order valence-corrected chi connectivity index (χ4v) is 0.830. The lowest BCUT2D eigenvalue weighted by Crippen LogP contribution is -1.68. The number of hydrogen-bond acceptors (Lipinski definition) is 2. The second kappa shape index (κ2) is 5.39. The first-order chi connectivity index (χ1) is 2.41. The first-order valence-corrected chi connectivity index (χ1v) is 3.59. The van der Waals surface area contributed by atoms with E-state index in [2.05, 4.69) is 4.10 Å². The lowest BCUT2D eigenvalue weighted by atomic mass is 10.6. The Morgan fingerprint density at radius 2 is 2.60 bits per heavy atom. The van der Waals surface area contributed by atoms with Crippen molar-refractivity contribution >= 4 is 49.7 Å². The maximum Gasteiger partial charge on any atom is 0.394 e. The summed E-state index contributed by atoms with van der Waals surface area (Å²) in [5, 5.41) is 1.48. The van der Waals surface area contributed by atoms with Crippen molar-refractivity contribution in [2.75, 3.05) is 0 Å². The summed E-state index contributed by atoms with van der Waals surface area (Å²) in [7, 11) is 4.96. The molecule has 5 heavy (non-hydrogen) atoms. The molecule has 0 aromatic heterocycles. The molecule has 1 nitrogen and oxygen atoms in total. The second-order valence-corrected chi connectivity index (χ2v) is 1.45. The minimum atomic E-state index is 0.811. The normalized spacial score (nSPS) is 7.60. The topological polar surface area (TPSA) is 9.23 Å². The van der Waals surface area contributed by atoms with Crippen molar-refractivity contribution in [1.82, 2.24) is 0 Å². The molecule has 0 N–H and O–H groups in total. The van der Waals surface area contributed by atoms with Crippen LogP contribution >= 0.6 is 44.3 Å². The number of halogens is 2. The summed E-state index contributed by atoms with van der Waals surface area (Å²) in [5.74, 6) is 0. The fourth-order valence-electron chi connectivity index (χ4n) is 0.0137. The number of rotatable bonds is 2. The van der Waals surface area contributed by atoms with Gasteiger partial charge in [0.1, 0.15) is 0 Å². The van der Waals surface area contributed by atoms with Gasteiger partial charge in [-0.25, -0.2) is 0 Å². The van der Waals surface area contributed by atoms with E-state index in [-0.39, 0.29) is 0 Å². The van der Waals surface area contributed by atoms with E-state index in [4.69, 9.17) is 10.7 Å². The molecular formula is BClIOS. The third-order valence-corrected chi connectivity index (χ3v) is 1.06. The molecule has 0 aliphatic rings. The zero-order valence-corrected chi connectivity index (χ0v) is 5.88. The summed E-state index contributed by atoms with van der Waals surface area (Å²) in [6, 6.07) is 0. The van der Waals surface area contributed by atoms with Crippen molar-refractivity contribution in [1.29, 1.82) is 0 Å². The van der Waals surface area contributed by atoms with Gasteiger partial charge < -0.3 is 4.10 Å². The summed E-state index contributed by atoms with van der Waals surface area (Å²) in [6.07, 6.45) is 0. The summed E-state index contributed by atoms with van der Waals surface area (Å²) < 4.78 is 4.38. The largest absolute Gasteiger partial charge is 0.394 e. The molecule has 0 rings (SSSR count). The molecule has 0 aliphatic carbocycles. The van der Waals surface area contributed by atoms with Gasteiger partial charge in [0.05, 0.1) is 11.3 Å². The highest BCUT2D eigenvalue weighted by atomic mass is 127. The highest BCUT2D eigenvalue weighted by molar-refractivity contribution is 14.1. The lowest BCUT2D eigenvalue weighted by molar-refractivity contribution is 0.733. The molecule has 0 spiro atoms. The van der Waals surface area contributed by atoms with Gasteiger partial charge in [0, 0.05) is 0 Å². The van der Waals surface area contributed by atoms with Crippen LogP contribution in [0.1, 0.15) is 0 Å². The quantitative estimate of drug-likeness (QED) is 0.399. The van der Waals surface area contributed by atoms with Crippen LogP contribution in [0, 0.1) is 0 Å². The summed E-state index contributed by atoms with van der Waals surface area (Å²) in [4.78, 5) is 0. The van der Waals surface area contributed by atoms with Gasteiger partial charge in [-0.2, -0.15) is 0 Å². The molecule has 0 aromatic rings. The monoisotopic (exact) mass is 221 g/mol. The van der Waals surface area contributed by atoms with Crippen LogP contribution in [-0.2, 0) is 4.10 Å². The van der Waals surface area contributed by atoms with Crippen LogP contribution in [0.25, 0.3) is 0 Å². The van der Waals surface area contributed by atoms with Crippen molar-refractivity contribution in [3.8, 4) is 0 Å². The van der Waals surface area contributed by atoms with E-state index < -0.39 is 0 Å². The molecular weight excluding hydrogens is 221 g/mol. The first kappa shape index (κ1) is 6.39. The standard InChI is InChI=1S/BClIOS/c2-5-4-1-3. The molecule has 0 heterocycles. The summed E-state index contributed by atoms with van der Waals surface area (Å²) >= 11 is 2.75. The maximum absolute atomic E-state index is 4.96. The van der Waals surface area contributed by atoms with E-state index >= 15 is 0 Å². The van der Waals surface area contributed by atoms with Gasteiger partial charge in [0.15, 0.2) is 0 Å². The molecule has 0 atom stereocenters. The van der Waals surface area contributed by atoms with Gasteiger partial charge in [-0.15, -0.1) is 22.4 Å². The molecule has 0 unspecified atom stereocenters. The van der Waals surface area contributed by atoms with E-state index in [0.29, 0.717) is 0 Å². The van der Waals surface area contributed by atoms with Crippen LogP contribution < -0.4 is 0 Å². The summed E-state index contributed by atoms with van der Waals surface area (Å²) in [5.41, 5.74) is 0. The van der Waals surface area contributed by atoms with Crippen LogP contribution in [0.5, 0.6) is 0 Å². The fraction of sp³-hybridized carbons (Fsp3) is 0. The Hall–Kier alpha value is 1.39. The Bertz CT molecular complexity index is 19.1. The Balaban J connectivity index is 2.19. The minimum absolute atomic E-state index is 0.811. The molecule has 0 aromatic carbocycles. The van der Waals surface area contributed by atoms with Gasteiger partial charge in [-0.05, 0) is 10.7 Å². The highest BCUT2D eigenvalue weighted by Gasteiger charge is 1.76. The molecule has 0 saturated heterocycles. The molecule has 29 valence electrons. The van der Waals surface area contributed by atoms with Gasteiger partial charge in [0.25, 0.3) is 0 Å². The van der Waals surface area contributed by atoms with Crippen molar-refractivity contribution in [3.63, 3.8) is 0 Å². The second-order valence-electron chi connectivity index (χ2n) is 0.248. The first-order valence-electron chi connectivity index (χ1n) is 0.775. The SMILES string of the molecule is ClSO[B]I. The minimum Gasteiger partial charge on any atom is -0.354 e. The van der Waals surface area contributed by atoms with Crippen LogP contribution in [0.2, 0.25) is 0 Å². The van der Waals surface area contributed by atoms with Crippen LogP contribution in [0.15, 0.2) is 0 Å². The molecule has 0 fully saturated rings. The lowest BCUT2D eigenvalue weighted by Gasteiger charge is -1.77. The predicted molar refractivity (Wildman–Crippen MR) is 34.3 cm³/mol. The average molecular weight is 221 g/mol. The average Bonchev–Trinajstić information content (AvgIpc) is 1.41. The number of hydrogen-bond donors (Lipinski definition) is 0. The molecule has 0 aliphatic heterocycles. The Morgan fingerprint density at radius 3 is 2.60 bits per heavy atom. The Kier molecular flexibility index (Phi) is 6.90. The molecule has 1 radical (unpaired) electrons. The van der Waals surface area contributed by atoms with E-state index in [1.165, 1.54) is 5.34 Å². The van der Waals surface area contributed by atoms with Crippen molar-refractivity contribution in [3.05, 3.63) is 0 Å². The van der Waals surface area contributed by atoms with Gasteiger partial charge in [-0.3, -0.25) is 0 Å². The van der Waals surface area contributed by atoms with Crippen molar-refractivity contribution < 1.29 is 4.10 Å². The van der Waals surface area contributed by atoms with Gasteiger partial charge >= 0.3 is 5.34 Å². The van der Waals surface area contributed by atoms with E-state index in [9.17, 15) is 0 Å². The van der Waals surface area contributed by atoms with Crippen molar-refractivity contribution in [2.24, 2.45) is 0 Å². The predicted octanol–water partition coefficient (Wildman–Crippen LogP) is 1.77. The smallest absolute Gasteiger partial charge is 0.354 e. The summed E-state index contributed by atoms with van der Waals surface area (Å²) in [6.45, 7) is 0.